The Kier molecular flexibility index (Phi) is 4.51. The van der Waals surface area contributed by atoms with Crippen molar-refractivity contribution in [1.29, 1.82) is 0 Å². The van der Waals surface area contributed by atoms with Crippen molar-refractivity contribution in [3.05, 3.63) is 51.0 Å². The molecule has 0 amide bonds. The lowest BCUT2D eigenvalue weighted by atomic mass is 10.1. The Morgan fingerprint density at radius 1 is 1.14 bits per heavy atom. The highest BCUT2D eigenvalue weighted by molar-refractivity contribution is 9.10. The average molecular weight is 390 g/mol. The molecule has 0 unspecified atom stereocenters. The number of sulfonamides is 1. The van der Waals surface area contributed by atoms with E-state index < -0.39 is 10.0 Å². The predicted molar refractivity (Wildman–Crippen MR) is 90.3 cm³/mol. The van der Waals surface area contributed by atoms with E-state index in [4.69, 9.17) is 17.3 Å². The number of rotatable bonds is 3. The molecule has 0 aliphatic heterocycles. The van der Waals surface area contributed by atoms with E-state index in [1.54, 1.807) is 30.3 Å². The van der Waals surface area contributed by atoms with Gasteiger partial charge in [0, 0.05) is 4.47 Å². The van der Waals surface area contributed by atoms with Crippen LogP contribution >= 0.6 is 27.5 Å². The van der Waals surface area contributed by atoms with Crippen LogP contribution in [0.3, 0.4) is 0 Å². The van der Waals surface area contributed by atoms with Crippen molar-refractivity contribution in [2.75, 3.05) is 10.5 Å². The van der Waals surface area contributed by atoms with Gasteiger partial charge in [0.25, 0.3) is 10.0 Å². The van der Waals surface area contributed by atoms with Crippen molar-refractivity contribution in [3.8, 4) is 0 Å². The number of benzene rings is 2. The number of hydrogen-bond donors (Lipinski definition) is 2. The summed E-state index contributed by atoms with van der Waals surface area (Å²) in [5.41, 5.74) is 8.13. The van der Waals surface area contributed by atoms with Crippen LogP contribution in [0, 0.1) is 13.8 Å². The van der Waals surface area contributed by atoms with Gasteiger partial charge in [-0.05, 0) is 55.3 Å². The Bertz CT molecular complexity index is 807. The number of nitrogens with one attached hydrogen (secondary N) is 1. The molecule has 0 fully saturated rings. The second-order valence-corrected chi connectivity index (χ2v) is 7.68. The normalized spacial score (nSPS) is 11.4. The number of anilines is 2. The zero-order valence-electron chi connectivity index (χ0n) is 11.4. The van der Waals surface area contributed by atoms with Crippen molar-refractivity contribution in [3.63, 3.8) is 0 Å². The lowest BCUT2D eigenvalue weighted by Crippen LogP contribution is -2.15. The van der Waals surface area contributed by atoms with Gasteiger partial charge >= 0.3 is 0 Å². The molecular weight excluding hydrogens is 376 g/mol. The van der Waals surface area contributed by atoms with E-state index in [1.165, 1.54) is 0 Å². The number of nitrogens with two attached hydrogens (primary N) is 1. The SMILES string of the molecule is Cc1cc(N)c(S(=O)(=O)Nc2cc(Br)ccc2Cl)cc1C. The van der Waals surface area contributed by atoms with Crippen LogP contribution in [-0.4, -0.2) is 8.42 Å². The molecule has 0 saturated heterocycles. The van der Waals surface area contributed by atoms with E-state index in [2.05, 4.69) is 20.7 Å². The molecule has 2 aromatic rings. The lowest BCUT2D eigenvalue weighted by Gasteiger charge is -2.13. The third-order valence-electron chi connectivity index (χ3n) is 3.09. The van der Waals surface area contributed by atoms with Gasteiger partial charge in [-0.25, -0.2) is 8.42 Å². The van der Waals surface area contributed by atoms with Crippen LogP contribution in [0.1, 0.15) is 11.1 Å². The molecular formula is C14H14BrClN2O2S. The topological polar surface area (TPSA) is 72.2 Å². The molecule has 0 radical (unpaired) electrons. The Balaban J connectivity index is 2.48. The summed E-state index contributed by atoms with van der Waals surface area (Å²) in [6, 6.07) is 8.13. The van der Waals surface area contributed by atoms with E-state index in [0.717, 1.165) is 15.6 Å². The van der Waals surface area contributed by atoms with Gasteiger partial charge in [0.2, 0.25) is 0 Å². The standard InChI is InChI=1S/C14H14BrClN2O2S/c1-8-5-12(17)14(6-9(8)2)21(19,20)18-13-7-10(15)3-4-11(13)16/h3-7,18H,17H2,1-2H3. The molecule has 0 bridgehead atoms. The highest BCUT2D eigenvalue weighted by atomic mass is 79.9. The maximum atomic E-state index is 12.5. The van der Waals surface area contributed by atoms with Crippen LogP contribution in [0.15, 0.2) is 39.7 Å². The van der Waals surface area contributed by atoms with E-state index >= 15 is 0 Å². The van der Waals surface area contributed by atoms with Gasteiger partial charge in [-0.2, -0.15) is 0 Å². The molecule has 2 rings (SSSR count). The van der Waals surface area contributed by atoms with Crippen molar-refractivity contribution in [1.82, 2.24) is 0 Å². The van der Waals surface area contributed by atoms with Crippen LogP contribution in [0.25, 0.3) is 0 Å². The van der Waals surface area contributed by atoms with Gasteiger partial charge in [-0.3, -0.25) is 4.72 Å². The Hall–Kier alpha value is -1.24. The Morgan fingerprint density at radius 3 is 2.43 bits per heavy atom. The van der Waals surface area contributed by atoms with Crippen molar-refractivity contribution in [2.45, 2.75) is 18.7 Å². The molecule has 112 valence electrons. The van der Waals surface area contributed by atoms with Crippen LogP contribution in [0.2, 0.25) is 5.02 Å². The molecule has 0 saturated carbocycles. The molecule has 0 heterocycles. The van der Waals surface area contributed by atoms with Crippen LogP contribution < -0.4 is 10.5 Å². The largest absolute Gasteiger partial charge is 0.398 e. The zero-order valence-corrected chi connectivity index (χ0v) is 14.6. The Labute approximate surface area is 137 Å². The van der Waals surface area contributed by atoms with Gasteiger partial charge in [0.05, 0.1) is 16.4 Å². The summed E-state index contributed by atoms with van der Waals surface area (Å²) in [7, 11) is -3.80. The molecule has 3 N–H and O–H groups in total. The average Bonchev–Trinajstić information content (AvgIpc) is 2.37. The van der Waals surface area contributed by atoms with Crippen molar-refractivity contribution < 1.29 is 8.42 Å². The summed E-state index contributed by atoms with van der Waals surface area (Å²) < 4.78 is 28.2. The maximum absolute atomic E-state index is 12.5. The summed E-state index contributed by atoms with van der Waals surface area (Å²) in [5.74, 6) is 0. The molecule has 21 heavy (non-hydrogen) atoms. The minimum Gasteiger partial charge on any atom is -0.398 e. The quantitative estimate of drug-likeness (QED) is 0.776. The van der Waals surface area contributed by atoms with E-state index in [9.17, 15) is 8.42 Å². The first-order chi connectivity index (χ1) is 9.70. The molecule has 0 aliphatic carbocycles. The first-order valence-electron chi connectivity index (χ1n) is 6.05. The number of aryl methyl sites for hydroxylation is 2. The predicted octanol–water partition coefficient (Wildman–Crippen LogP) is 4.10. The smallest absolute Gasteiger partial charge is 0.264 e. The molecule has 2 aromatic carbocycles. The van der Waals surface area contributed by atoms with Gasteiger partial charge in [0.1, 0.15) is 4.90 Å². The van der Waals surface area contributed by atoms with Crippen molar-refractivity contribution in [2.24, 2.45) is 0 Å². The van der Waals surface area contributed by atoms with Crippen LogP contribution in [-0.2, 0) is 10.0 Å². The molecule has 7 heteroatoms. The summed E-state index contributed by atoms with van der Waals surface area (Å²) in [6.07, 6.45) is 0. The monoisotopic (exact) mass is 388 g/mol. The van der Waals surface area contributed by atoms with Crippen LogP contribution in [0.4, 0.5) is 11.4 Å². The fourth-order valence-corrected chi connectivity index (χ4v) is 3.67. The van der Waals surface area contributed by atoms with Gasteiger partial charge < -0.3 is 5.73 Å². The summed E-state index contributed by atoms with van der Waals surface area (Å²) in [4.78, 5) is 0.0432. The highest BCUT2D eigenvalue weighted by Crippen LogP contribution is 2.30. The minimum atomic E-state index is -3.80. The lowest BCUT2D eigenvalue weighted by molar-refractivity contribution is 0.601. The van der Waals surface area contributed by atoms with Crippen LogP contribution in [0.5, 0.6) is 0 Å². The summed E-state index contributed by atoms with van der Waals surface area (Å²) in [5, 5.41) is 0.309. The fraction of sp³-hybridized carbons (Fsp3) is 0.143. The zero-order chi connectivity index (χ0) is 15.8. The van der Waals surface area contributed by atoms with Crippen molar-refractivity contribution >= 4 is 48.9 Å². The second kappa shape index (κ2) is 5.87. The molecule has 0 spiro atoms. The van der Waals surface area contributed by atoms with E-state index in [1.807, 2.05) is 13.8 Å². The fourth-order valence-electron chi connectivity index (χ4n) is 1.82. The maximum Gasteiger partial charge on any atom is 0.264 e. The third kappa shape index (κ3) is 3.51. The van der Waals surface area contributed by atoms with Gasteiger partial charge in [-0.15, -0.1) is 0 Å². The highest BCUT2D eigenvalue weighted by Gasteiger charge is 2.20. The Morgan fingerprint density at radius 2 is 1.76 bits per heavy atom. The minimum absolute atomic E-state index is 0.0432. The first kappa shape index (κ1) is 16.1. The number of hydrogen-bond acceptors (Lipinski definition) is 3. The molecule has 0 atom stereocenters. The van der Waals surface area contributed by atoms with Gasteiger partial charge in [0.15, 0.2) is 0 Å². The molecule has 0 aliphatic rings. The number of halogens is 2. The molecule has 0 aromatic heterocycles. The van der Waals surface area contributed by atoms with E-state index in [0.29, 0.717) is 10.7 Å². The summed E-state index contributed by atoms with van der Waals surface area (Å²) in [6.45, 7) is 3.71. The third-order valence-corrected chi connectivity index (χ3v) is 5.33. The number of nitrogen functional groups attached to an aromatic ring is 1. The van der Waals surface area contributed by atoms with Gasteiger partial charge in [-0.1, -0.05) is 27.5 Å². The second-order valence-electron chi connectivity index (χ2n) is 4.70. The summed E-state index contributed by atoms with van der Waals surface area (Å²) >= 11 is 9.28. The first-order valence-corrected chi connectivity index (χ1v) is 8.71. The molecule has 4 nitrogen and oxygen atoms in total. The van der Waals surface area contributed by atoms with E-state index in [-0.39, 0.29) is 10.6 Å².